The van der Waals surface area contributed by atoms with Crippen molar-refractivity contribution in [3.05, 3.63) is 83.0 Å². The molecule has 0 amide bonds. The summed E-state index contributed by atoms with van der Waals surface area (Å²) >= 11 is 2.16. The molecule has 2 aliphatic carbocycles. The van der Waals surface area contributed by atoms with Crippen LogP contribution in [0.15, 0.2) is 79.3 Å². The molecule has 6 N–H and O–H groups in total. The zero-order valence-corrected chi connectivity index (χ0v) is 36.1. The first-order valence-corrected chi connectivity index (χ1v) is 21.2. The smallest absolute Gasteiger partial charge is 0.474 e. The van der Waals surface area contributed by atoms with Gasteiger partial charge in [0.15, 0.2) is 5.65 Å². The van der Waals surface area contributed by atoms with Crippen molar-refractivity contribution in [3.8, 4) is 23.0 Å². The van der Waals surface area contributed by atoms with Gasteiger partial charge in [-0.15, -0.1) is 0 Å². The number of hydrogen-bond acceptors (Lipinski definition) is 13. The van der Waals surface area contributed by atoms with Crippen LogP contribution in [0.3, 0.4) is 0 Å². The van der Waals surface area contributed by atoms with E-state index in [0.717, 1.165) is 97.5 Å². The normalized spacial score (nSPS) is 13.8. The molecule has 0 bridgehead atoms. The van der Waals surface area contributed by atoms with Crippen LogP contribution in [0, 0.1) is 15.5 Å². The second kappa shape index (κ2) is 17.5. The molecule has 2 aliphatic rings. The van der Waals surface area contributed by atoms with Crippen LogP contribution in [0.25, 0.3) is 55.0 Å². The van der Waals surface area contributed by atoms with Gasteiger partial charge in [0.05, 0.1) is 27.3 Å². The summed E-state index contributed by atoms with van der Waals surface area (Å²) in [7, 11) is -1.44. The van der Waals surface area contributed by atoms with E-state index >= 15 is 0 Å². The quantitative estimate of drug-likeness (QED) is 0.0848. The van der Waals surface area contributed by atoms with Crippen LogP contribution in [0.1, 0.15) is 53.4 Å². The highest BCUT2D eigenvalue weighted by Gasteiger charge is 2.25. The van der Waals surface area contributed by atoms with Gasteiger partial charge in [-0.1, -0.05) is 45.9 Å². The minimum atomic E-state index is -1.44. The minimum Gasteiger partial charge on any atom is -0.474 e. The third-order valence-electron chi connectivity index (χ3n) is 9.83. The Morgan fingerprint density at radius 2 is 1.32 bits per heavy atom. The average Bonchev–Trinajstić information content (AvgIpc) is 4.15. The van der Waals surface area contributed by atoms with Crippen LogP contribution in [0.4, 0.5) is 11.6 Å². The van der Waals surface area contributed by atoms with Crippen LogP contribution >= 0.6 is 22.6 Å². The van der Waals surface area contributed by atoms with E-state index < -0.39 is 7.12 Å². The molecule has 8 aromatic rings. The summed E-state index contributed by atoms with van der Waals surface area (Å²) in [5.74, 6) is 3.35. The molecule has 15 nitrogen and oxygen atoms in total. The summed E-state index contributed by atoms with van der Waals surface area (Å²) < 4.78 is 16.2. The lowest BCUT2D eigenvalue weighted by Gasteiger charge is -2.06. The maximum absolute atomic E-state index is 9.08. The Kier molecular flexibility index (Phi) is 12.0. The Morgan fingerprint density at radius 1 is 0.717 bits per heavy atom. The first-order chi connectivity index (χ1) is 28.9. The van der Waals surface area contributed by atoms with E-state index in [0.29, 0.717) is 52.9 Å². The molecule has 0 unspecified atom stereocenters. The van der Waals surface area contributed by atoms with Crippen molar-refractivity contribution in [1.29, 1.82) is 0 Å². The van der Waals surface area contributed by atoms with Crippen LogP contribution in [-0.2, 0) is 13.1 Å². The highest BCUT2D eigenvalue weighted by molar-refractivity contribution is 14.1. The van der Waals surface area contributed by atoms with Crippen molar-refractivity contribution >= 4 is 90.5 Å². The van der Waals surface area contributed by atoms with Crippen molar-refractivity contribution in [1.82, 2.24) is 44.5 Å². The number of benzene rings is 2. The average molecular weight is 920 g/mol. The van der Waals surface area contributed by atoms with Crippen LogP contribution in [0.5, 0.6) is 11.8 Å². The number of nitrogens with two attached hydrogens (primary N) is 2. The van der Waals surface area contributed by atoms with Gasteiger partial charge in [-0.05, 0) is 102 Å². The zero-order valence-electron chi connectivity index (χ0n) is 33.9. The van der Waals surface area contributed by atoms with E-state index in [1.54, 1.807) is 24.4 Å². The van der Waals surface area contributed by atoms with E-state index in [4.69, 9.17) is 36.1 Å². The molecule has 0 radical (unpaired) electrons. The van der Waals surface area contributed by atoms with Crippen LogP contribution in [-0.4, -0.2) is 73.9 Å². The third-order valence-corrected chi connectivity index (χ3v) is 10.6. The number of hydrogen-bond donors (Lipinski definition) is 4. The summed E-state index contributed by atoms with van der Waals surface area (Å²) in [5, 5.41) is 31.1. The fourth-order valence-corrected chi connectivity index (χ4v) is 7.46. The van der Waals surface area contributed by atoms with E-state index in [-0.39, 0.29) is 0 Å². The van der Waals surface area contributed by atoms with Crippen molar-refractivity contribution in [2.24, 2.45) is 11.8 Å². The molecule has 6 aromatic heterocycles. The summed E-state index contributed by atoms with van der Waals surface area (Å²) in [6, 6.07) is 21.0. The number of halogens is 1. The summed E-state index contributed by atoms with van der Waals surface area (Å²) in [4.78, 5) is 21.5. The monoisotopic (exact) mass is 919 g/mol. The maximum Gasteiger partial charge on any atom is 0.488 e. The molecule has 0 spiro atoms. The number of nitrogen functional groups attached to an aromatic ring is 2. The van der Waals surface area contributed by atoms with Gasteiger partial charge in [-0.25, -0.2) is 29.6 Å². The molecule has 0 saturated heterocycles. The van der Waals surface area contributed by atoms with E-state index in [9.17, 15) is 0 Å². The number of ether oxygens (including phenoxy) is 2. The predicted octanol–water partition coefficient (Wildman–Crippen LogP) is 6.55. The number of fused-ring (bicyclic) bond motifs is 4. The standard InChI is InChI=1S/C22H23N5O.C12H12BNO3.C9H12IN5/c1-13(2)12-27-18-9-10-24-22(23)20(18)21(26-27)15-3-7-17-14(11-15)4-8-19(25-17)28-16-5-6-16;15-13(16)9-2-5-11-8(7-9)1-6-12(14-11)17-10-3-4-10;1-5(2)3-15-9-6(7(10)14-15)8(11)12-4-13-9/h3-4,7-11,13,16H,5-6,12H2,1-2H3,(H2,23,24);1-2,5-7,10,15-16H,3-4H2;4-5H,3H2,1-2H3,(H2,11,12,13). The first-order valence-electron chi connectivity index (χ1n) is 20.1. The Labute approximate surface area is 360 Å². The molecule has 17 heteroatoms. The number of nitrogens with zero attached hydrogens (tertiary/aromatic N) is 9. The van der Waals surface area contributed by atoms with E-state index in [2.05, 4.69) is 92.4 Å². The fourth-order valence-electron chi connectivity index (χ4n) is 6.68. The molecular formula is C43H47BIN11O4. The molecule has 2 aromatic carbocycles. The number of aromatic nitrogens is 9. The fraction of sp³-hybridized carbons (Fsp3) is 0.326. The lowest BCUT2D eigenvalue weighted by molar-refractivity contribution is 0.292. The SMILES string of the molecule is CC(C)Cn1nc(-c2ccc3nc(OC4CC4)ccc3c2)c2c(N)nccc21.CC(C)Cn1nc(I)c2c(N)ncnc21.OB(O)c1ccc2nc(OC3CC3)ccc2c1. The Morgan fingerprint density at radius 3 is 1.93 bits per heavy atom. The molecule has 308 valence electrons. The molecule has 0 aliphatic heterocycles. The van der Waals surface area contributed by atoms with Gasteiger partial charge in [0.2, 0.25) is 11.8 Å². The predicted molar refractivity (Wildman–Crippen MR) is 244 cm³/mol. The molecule has 10 rings (SSSR count). The lowest BCUT2D eigenvalue weighted by atomic mass is 9.80. The van der Waals surface area contributed by atoms with Crippen molar-refractivity contribution < 1.29 is 19.5 Å². The zero-order chi connectivity index (χ0) is 42.1. The second-order valence-electron chi connectivity index (χ2n) is 16.0. The largest absolute Gasteiger partial charge is 0.488 e. The lowest BCUT2D eigenvalue weighted by Crippen LogP contribution is -2.29. The Balaban J connectivity index is 0.000000134. The van der Waals surface area contributed by atoms with Crippen molar-refractivity contribution in [3.63, 3.8) is 0 Å². The van der Waals surface area contributed by atoms with Gasteiger partial charge in [0, 0.05) is 47.8 Å². The van der Waals surface area contributed by atoms with Crippen molar-refractivity contribution in [2.75, 3.05) is 11.5 Å². The second-order valence-corrected chi connectivity index (χ2v) is 17.0. The Bertz CT molecular complexity index is 2800. The van der Waals surface area contributed by atoms with Gasteiger partial charge in [0.25, 0.3) is 0 Å². The highest BCUT2D eigenvalue weighted by Crippen LogP contribution is 2.34. The highest BCUT2D eigenvalue weighted by atomic mass is 127. The molecule has 2 fully saturated rings. The van der Waals surface area contributed by atoms with Gasteiger partial charge < -0.3 is 31.0 Å². The minimum absolute atomic E-state index is 0.332. The third kappa shape index (κ3) is 9.53. The topological polar surface area (TPSA) is 211 Å². The van der Waals surface area contributed by atoms with Gasteiger partial charge in [-0.3, -0.25) is 4.68 Å². The number of pyridine rings is 3. The van der Waals surface area contributed by atoms with E-state index in [1.165, 1.54) is 6.33 Å². The molecule has 60 heavy (non-hydrogen) atoms. The van der Waals surface area contributed by atoms with Crippen LogP contribution in [0.2, 0.25) is 0 Å². The molecular weight excluding hydrogens is 872 g/mol. The van der Waals surface area contributed by atoms with Crippen LogP contribution < -0.4 is 26.4 Å². The maximum atomic E-state index is 9.08. The Hall–Kier alpha value is -5.66. The van der Waals surface area contributed by atoms with Gasteiger partial charge in [-0.2, -0.15) is 10.2 Å². The first kappa shape index (κ1) is 41.1. The molecule has 0 atom stereocenters. The summed E-state index contributed by atoms with van der Waals surface area (Å²) in [6.45, 7) is 10.3. The van der Waals surface area contributed by atoms with Crippen molar-refractivity contribution in [2.45, 2.75) is 78.7 Å². The number of anilines is 2. The summed E-state index contributed by atoms with van der Waals surface area (Å²) in [5.41, 5.74) is 17.9. The summed E-state index contributed by atoms with van der Waals surface area (Å²) in [6.07, 6.45) is 8.36. The number of rotatable bonds is 10. The van der Waals surface area contributed by atoms with E-state index in [1.807, 2.05) is 45.8 Å². The molecule has 6 heterocycles. The van der Waals surface area contributed by atoms with Gasteiger partial charge in [0.1, 0.15) is 39.6 Å². The van der Waals surface area contributed by atoms with Gasteiger partial charge >= 0.3 is 7.12 Å². The molecule has 2 saturated carbocycles.